The molecule has 0 unspecified atom stereocenters. The fourth-order valence-electron chi connectivity index (χ4n) is 0.696. The van der Waals surface area contributed by atoms with Crippen LogP contribution in [0.5, 0.6) is 0 Å². The third-order valence-corrected chi connectivity index (χ3v) is 2.17. The second-order valence-corrected chi connectivity index (χ2v) is 3.92. The predicted molar refractivity (Wildman–Crippen MR) is 65.5 cm³/mol. The van der Waals surface area contributed by atoms with E-state index in [1.54, 1.807) is 0 Å². The Kier molecular flexibility index (Phi) is 7.51. The number of carbonyl (C=O) groups excluding carboxylic acids is 3. The molecule has 0 aliphatic rings. The Morgan fingerprint density at radius 3 is 2.00 bits per heavy atom. The maximum atomic E-state index is 11.3. The summed E-state index contributed by atoms with van der Waals surface area (Å²) in [5.41, 5.74) is 15.9. The van der Waals surface area contributed by atoms with E-state index in [0.717, 1.165) is 0 Å². The molecule has 0 aromatic rings. The van der Waals surface area contributed by atoms with Crippen LogP contribution in [0.1, 0.15) is 6.92 Å². The number of rotatable bonds is 6. The topological polar surface area (TPSA) is 148 Å². The van der Waals surface area contributed by atoms with Crippen LogP contribution in [0.3, 0.4) is 0 Å². The van der Waals surface area contributed by atoms with Crippen LogP contribution < -0.4 is 17.2 Å². The predicted octanol–water partition coefficient (Wildman–Crippen LogP) is -2.47. The summed E-state index contributed by atoms with van der Waals surface area (Å²) < 4.78 is 8.97. The fourth-order valence-corrected chi connectivity index (χ4v) is 0.846. The van der Waals surface area contributed by atoms with Crippen LogP contribution in [0.15, 0.2) is 0 Å². The summed E-state index contributed by atoms with van der Waals surface area (Å²) in [6, 6.07) is -3.12. The molecule has 6 N–H and O–H groups in total. The Morgan fingerprint density at radius 1 is 1.06 bits per heavy atom. The van der Waals surface area contributed by atoms with Gasteiger partial charge < -0.3 is 26.7 Å². The third-order valence-electron chi connectivity index (χ3n) is 1.78. The van der Waals surface area contributed by atoms with E-state index < -0.39 is 42.6 Å². The van der Waals surface area contributed by atoms with Gasteiger partial charge >= 0.3 is 17.9 Å². The molecule has 0 saturated carbocycles. The van der Waals surface area contributed by atoms with Gasteiger partial charge in [0.25, 0.3) is 0 Å². The molecule has 104 valence electrons. The molecule has 0 aromatic heterocycles. The van der Waals surface area contributed by atoms with Crippen molar-refractivity contribution in [3.05, 3.63) is 0 Å². The molecule has 18 heavy (non-hydrogen) atoms. The fraction of sp³-hybridized carbons (Fsp3) is 0.667. The Labute approximate surface area is 110 Å². The molecule has 0 fully saturated rings. The lowest BCUT2D eigenvalue weighted by Crippen LogP contribution is -2.43. The number of hydrogen-bond donors (Lipinski definition) is 4. The maximum Gasteiger partial charge on any atom is 0.334 e. The van der Waals surface area contributed by atoms with Gasteiger partial charge in [0.15, 0.2) is 0 Å². The van der Waals surface area contributed by atoms with Gasteiger partial charge in [-0.2, -0.15) is 12.6 Å². The molecule has 0 saturated heterocycles. The molecule has 3 atom stereocenters. The van der Waals surface area contributed by atoms with Crippen LogP contribution in [0.25, 0.3) is 0 Å². The normalized spacial score (nSPS) is 15.4. The number of esters is 3. The van der Waals surface area contributed by atoms with Crippen LogP contribution in [0, 0.1) is 0 Å². The molecule has 0 aliphatic heterocycles. The zero-order valence-corrected chi connectivity index (χ0v) is 10.8. The van der Waals surface area contributed by atoms with Gasteiger partial charge in [-0.05, 0) is 6.92 Å². The summed E-state index contributed by atoms with van der Waals surface area (Å²) in [6.45, 7) is 0.990. The molecule has 0 spiro atoms. The van der Waals surface area contributed by atoms with Crippen molar-refractivity contribution in [3.8, 4) is 0 Å². The van der Waals surface area contributed by atoms with E-state index in [4.69, 9.17) is 17.2 Å². The molecule has 0 radical (unpaired) electrons. The van der Waals surface area contributed by atoms with Gasteiger partial charge in [0.2, 0.25) is 0 Å². The van der Waals surface area contributed by atoms with E-state index in [1.807, 2.05) is 0 Å². The molecule has 0 heterocycles. The Hall–Kier alpha value is -1.16. The Morgan fingerprint density at radius 2 is 1.56 bits per heavy atom. The highest BCUT2D eigenvalue weighted by Gasteiger charge is 2.23. The lowest BCUT2D eigenvalue weighted by Gasteiger charge is -2.13. The van der Waals surface area contributed by atoms with Crippen molar-refractivity contribution in [2.45, 2.75) is 25.0 Å². The van der Waals surface area contributed by atoms with Crippen LogP contribution >= 0.6 is 12.6 Å². The Balaban J connectivity index is 4.12. The minimum atomic E-state index is -1.27. The number of hydrogen-bond acceptors (Lipinski definition) is 9. The van der Waals surface area contributed by atoms with Gasteiger partial charge in [0.1, 0.15) is 24.7 Å². The quantitative estimate of drug-likeness (QED) is 0.237. The van der Waals surface area contributed by atoms with E-state index in [1.165, 1.54) is 6.92 Å². The smallest absolute Gasteiger partial charge is 0.334 e. The summed E-state index contributed by atoms with van der Waals surface area (Å²) in [5.74, 6) is -2.66. The average Bonchev–Trinajstić information content (AvgIpc) is 2.33. The van der Waals surface area contributed by atoms with E-state index in [9.17, 15) is 14.4 Å². The summed E-state index contributed by atoms with van der Waals surface area (Å²) in [7, 11) is 0. The SMILES string of the molecule is C[C@H](N)C(=O)OC[C@H](N)C(=O)OC(=O)[C@@H](N)CS. The number of thiol groups is 1. The second kappa shape index (κ2) is 8.03. The summed E-state index contributed by atoms with van der Waals surface area (Å²) in [4.78, 5) is 33.4. The zero-order chi connectivity index (χ0) is 14.3. The van der Waals surface area contributed by atoms with Crippen molar-refractivity contribution in [2.24, 2.45) is 17.2 Å². The highest BCUT2D eigenvalue weighted by atomic mass is 32.1. The first-order valence-electron chi connectivity index (χ1n) is 5.09. The molecular formula is C9H17N3O5S. The van der Waals surface area contributed by atoms with E-state index >= 15 is 0 Å². The van der Waals surface area contributed by atoms with Crippen molar-refractivity contribution < 1.29 is 23.9 Å². The van der Waals surface area contributed by atoms with Gasteiger partial charge in [0, 0.05) is 5.75 Å². The third kappa shape index (κ3) is 5.96. The molecule has 9 heteroatoms. The average molecular weight is 279 g/mol. The largest absolute Gasteiger partial charge is 0.462 e. The van der Waals surface area contributed by atoms with Crippen molar-refractivity contribution in [3.63, 3.8) is 0 Å². The van der Waals surface area contributed by atoms with E-state index in [2.05, 4.69) is 22.1 Å². The number of nitrogens with two attached hydrogens (primary N) is 3. The van der Waals surface area contributed by atoms with Crippen LogP contribution in [-0.2, 0) is 23.9 Å². The first kappa shape index (κ1) is 16.8. The molecular weight excluding hydrogens is 262 g/mol. The van der Waals surface area contributed by atoms with Gasteiger partial charge in [-0.1, -0.05) is 0 Å². The first-order chi connectivity index (χ1) is 8.29. The standard InChI is InChI=1S/C9H17N3O5S/c1-4(10)7(13)16-2-5(11)8(14)17-9(15)6(12)3-18/h4-6,18H,2-3,10-12H2,1H3/t4-,5-,6-/m0/s1. The van der Waals surface area contributed by atoms with Crippen molar-refractivity contribution in [2.75, 3.05) is 12.4 Å². The van der Waals surface area contributed by atoms with Gasteiger partial charge in [0.05, 0.1) is 0 Å². The van der Waals surface area contributed by atoms with Crippen molar-refractivity contribution in [1.29, 1.82) is 0 Å². The van der Waals surface area contributed by atoms with Crippen LogP contribution in [0.4, 0.5) is 0 Å². The van der Waals surface area contributed by atoms with E-state index in [0.29, 0.717) is 0 Å². The van der Waals surface area contributed by atoms with Crippen molar-refractivity contribution >= 4 is 30.5 Å². The zero-order valence-electron chi connectivity index (χ0n) is 9.87. The Bertz CT molecular complexity index is 323. The molecule has 0 aromatic carbocycles. The summed E-state index contributed by atoms with van der Waals surface area (Å²) in [6.07, 6.45) is 0. The van der Waals surface area contributed by atoms with Crippen molar-refractivity contribution in [1.82, 2.24) is 0 Å². The molecule has 0 rings (SSSR count). The van der Waals surface area contributed by atoms with Crippen LogP contribution in [-0.4, -0.2) is 48.4 Å². The highest BCUT2D eigenvalue weighted by molar-refractivity contribution is 7.80. The number of carbonyl (C=O) groups is 3. The lowest BCUT2D eigenvalue weighted by atomic mass is 10.3. The molecule has 0 amide bonds. The van der Waals surface area contributed by atoms with Gasteiger partial charge in [-0.3, -0.25) is 4.79 Å². The summed E-state index contributed by atoms with van der Waals surface area (Å²) >= 11 is 3.77. The molecule has 0 bridgehead atoms. The monoisotopic (exact) mass is 279 g/mol. The minimum absolute atomic E-state index is 0.0288. The summed E-state index contributed by atoms with van der Waals surface area (Å²) in [5, 5.41) is 0. The van der Waals surface area contributed by atoms with E-state index in [-0.39, 0.29) is 5.75 Å². The lowest BCUT2D eigenvalue weighted by molar-refractivity contribution is -0.162. The first-order valence-corrected chi connectivity index (χ1v) is 5.72. The maximum absolute atomic E-state index is 11.3. The van der Waals surface area contributed by atoms with Gasteiger partial charge in [-0.25, -0.2) is 9.59 Å². The molecule has 8 nitrogen and oxygen atoms in total. The van der Waals surface area contributed by atoms with Crippen LogP contribution in [0.2, 0.25) is 0 Å². The highest BCUT2D eigenvalue weighted by Crippen LogP contribution is 1.94. The second-order valence-electron chi connectivity index (χ2n) is 3.55. The minimum Gasteiger partial charge on any atom is -0.462 e. The number of ether oxygens (including phenoxy) is 2. The van der Waals surface area contributed by atoms with Gasteiger partial charge in [-0.15, -0.1) is 0 Å². The molecule has 0 aliphatic carbocycles.